The van der Waals surface area contributed by atoms with Gasteiger partial charge in [0.15, 0.2) is 0 Å². The molecule has 0 fully saturated rings. The molecule has 0 amide bonds. The fourth-order valence-electron chi connectivity index (χ4n) is 1.21. The Balaban J connectivity index is 2.43. The van der Waals surface area contributed by atoms with Gasteiger partial charge in [0.2, 0.25) is 0 Å². The van der Waals surface area contributed by atoms with Crippen LogP contribution >= 0.6 is 0 Å². The van der Waals surface area contributed by atoms with Gasteiger partial charge in [0.05, 0.1) is 0 Å². The number of rotatable bonds is 1. The fourth-order valence-corrected chi connectivity index (χ4v) is 1.21. The molecule has 2 heterocycles. The van der Waals surface area contributed by atoms with Gasteiger partial charge in [-0.3, -0.25) is 14.2 Å². The van der Waals surface area contributed by atoms with Crippen LogP contribution in [0.2, 0.25) is 0 Å². The van der Waals surface area contributed by atoms with Crippen molar-refractivity contribution in [1.29, 1.82) is 0 Å². The summed E-state index contributed by atoms with van der Waals surface area (Å²) in [6.07, 6.45) is 6.02. The number of aryl methyl sites for hydroxylation is 1. The van der Waals surface area contributed by atoms with E-state index in [1.807, 2.05) is 0 Å². The zero-order valence-electron chi connectivity index (χ0n) is 8.12. The van der Waals surface area contributed by atoms with Gasteiger partial charge in [-0.25, -0.2) is 4.98 Å². The number of nitrogens with zero attached hydrogens (tertiary/aromatic N) is 3. The topological polar surface area (TPSA) is 56.9 Å². The summed E-state index contributed by atoms with van der Waals surface area (Å²) in [5.74, 6) is -0.259. The van der Waals surface area contributed by atoms with Gasteiger partial charge in [0, 0.05) is 37.3 Å². The highest BCUT2D eigenvalue weighted by Crippen LogP contribution is 1.99. The summed E-state index contributed by atoms with van der Waals surface area (Å²) in [5.41, 5.74) is 0.150. The second-order valence-electron chi connectivity index (χ2n) is 3.14. The Hall–Kier alpha value is -2.17. The Morgan fingerprint density at radius 3 is 2.80 bits per heavy atom. The second kappa shape index (κ2) is 3.53. The van der Waals surface area contributed by atoms with Crippen molar-refractivity contribution >= 4 is 5.91 Å². The van der Waals surface area contributed by atoms with Crippen molar-refractivity contribution in [3.8, 4) is 0 Å². The first-order chi connectivity index (χ1) is 7.18. The van der Waals surface area contributed by atoms with Crippen LogP contribution in [0, 0.1) is 0 Å². The molecule has 2 aromatic rings. The minimum Gasteiger partial charge on any atom is -0.319 e. The summed E-state index contributed by atoms with van der Waals surface area (Å²) in [6, 6.07) is 2.91. The first-order valence-electron chi connectivity index (χ1n) is 4.38. The van der Waals surface area contributed by atoms with Gasteiger partial charge < -0.3 is 4.57 Å². The van der Waals surface area contributed by atoms with Gasteiger partial charge in [-0.2, -0.15) is 0 Å². The number of aromatic nitrogens is 3. The Kier molecular flexibility index (Phi) is 2.21. The summed E-state index contributed by atoms with van der Waals surface area (Å²) in [4.78, 5) is 26.8. The molecule has 0 aliphatic rings. The molecule has 0 aromatic carbocycles. The Bertz CT molecular complexity index is 540. The number of pyridine rings is 1. The van der Waals surface area contributed by atoms with Gasteiger partial charge >= 0.3 is 0 Å². The highest BCUT2D eigenvalue weighted by molar-refractivity contribution is 5.95. The first kappa shape index (κ1) is 9.39. The molecule has 0 spiro atoms. The first-order valence-corrected chi connectivity index (χ1v) is 4.38. The number of carbonyl (C=O) groups is 1. The molecule has 0 saturated heterocycles. The highest BCUT2D eigenvalue weighted by Gasteiger charge is 2.08. The predicted octanol–water partition coefficient (Wildman–Crippen LogP) is 0.270. The van der Waals surface area contributed by atoms with Gasteiger partial charge in [-0.1, -0.05) is 0 Å². The van der Waals surface area contributed by atoms with E-state index in [-0.39, 0.29) is 11.5 Å². The van der Waals surface area contributed by atoms with Crippen LogP contribution in [-0.2, 0) is 7.05 Å². The zero-order valence-corrected chi connectivity index (χ0v) is 8.12. The van der Waals surface area contributed by atoms with E-state index in [2.05, 4.69) is 4.98 Å². The second-order valence-corrected chi connectivity index (χ2v) is 3.14. The van der Waals surface area contributed by atoms with E-state index in [0.29, 0.717) is 5.56 Å². The molecular formula is C10H9N3O2. The SMILES string of the molecule is Cn1ccc(C(=O)n2ccnc2)cc1=O. The van der Waals surface area contributed by atoms with Crippen molar-refractivity contribution in [2.45, 2.75) is 0 Å². The Morgan fingerprint density at radius 2 is 2.20 bits per heavy atom. The fraction of sp³-hybridized carbons (Fsp3) is 0.100. The van der Waals surface area contributed by atoms with Crippen LogP contribution in [-0.4, -0.2) is 20.0 Å². The molecule has 15 heavy (non-hydrogen) atoms. The maximum Gasteiger partial charge on any atom is 0.263 e. The molecular weight excluding hydrogens is 194 g/mol. The molecule has 0 aliphatic carbocycles. The molecule has 0 bridgehead atoms. The van der Waals surface area contributed by atoms with E-state index in [0.717, 1.165) is 0 Å². The Morgan fingerprint density at radius 1 is 1.40 bits per heavy atom. The molecule has 0 radical (unpaired) electrons. The van der Waals surface area contributed by atoms with Gasteiger partial charge in [0.1, 0.15) is 6.33 Å². The molecule has 0 unspecified atom stereocenters. The molecule has 0 atom stereocenters. The minimum atomic E-state index is -0.259. The van der Waals surface area contributed by atoms with E-state index in [1.54, 1.807) is 25.5 Å². The molecule has 5 heteroatoms. The van der Waals surface area contributed by atoms with Crippen molar-refractivity contribution in [1.82, 2.24) is 14.1 Å². The third-order valence-electron chi connectivity index (χ3n) is 2.09. The summed E-state index contributed by atoms with van der Waals surface area (Å²) in [5, 5.41) is 0. The van der Waals surface area contributed by atoms with Crippen LogP contribution in [0.4, 0.5) is 0 Å². The van der Waals surface area contributed by atoms with Crippen LogP contribution in [0.15, 0.2) is 41.8 Å². The van der Waals surface area contributed by atoms with E-state index in [1.165, 1.54) is 27.7 Å². The smallest absolute Gasteiger partial charge is 0.263 e. The standard InChI is InChI=1S/C10H9N3O2/c1-12-4-2-8(6-9(12)14)10(15)13-5-3-11-7-13/h2-7H,1H3. The van der Waals surface area contributed by atoms with Crippen LogP contribution in [0.3, 0.4) is 0 Å². The Labute approximate surface area is 85.6 Å². The lowest BCUT2D eigenvalue weighted by Gasteiger charge is -2.01. The minimum absolute atomic E-state index is 0.207. The lowest BCUT2D eigenvalue weighted by Crippen LogP contribution is -2.19. The maximum absolute atomic E-state index is 11.7. The molecule has 0 saturated carbocycles. The maximum atomic E-state index is 11.7. The van der Waals surface area contributed by atoms with Crippen molar-refractivity contribution in [3.63, 3.8) is 0 Å². The summed E-state index contributed by atoms with van der Waals surface area (Å²) in [6.45, 7) is 0. The lowest BCUT2D eigenvalue weighted by atomic mass is 10.2. The van der Waals surface area contributed by atoms with Crippen molar-refractivity contribution in [2.24, 2.45) is 7.05 Å². The summed E-state index contributed by atoms with van der Waals surface area (Å²) >= 11 is 0. The predicted molar refractivity (Wildman–Crippen MR) is 53.6 cm³/mol. The van der Waals surface area contributed by atoms with Crippen LogP contribution in [0.5, 0.6) is 0 Å². The molecule has 0 N–H and O–H groups in total. The number of hydrogen-bond donors (Lipinski definition) is 0. The van der Waals surface area contributed by atoms with Crippen molar-refractivity contribution in [3.05, 3.63) is 53.0 Å². The highest BCUT2D eigenvalue weighted by atomic mass is 16.2. The normalized spacial score (nSPS) is 10.2. The molecule has 0 aliphatic heterocycles. The molecule has 76 valence electrons. The van der Waals surface area contributed by atoms with E-state index in [4.69, 9.17) is 0 Å². The third-order valence-corrected chi connectivity index (χ3v) is 2.09. The molecule has 5 nitrogen and oxygen atoms in total. The summed E-state index contributed by atoms with van der Waals surface area (Å²) in [7, 11) is 1.63. The van der Waals surface area contributed by atoms with E-state index < -0.39 is 0 Å². The summed E-state index contributed by atoms with van der Waals surface area (Å²) < 4.78 is 2.74. The van der Waals surface area contributed by atoms with Gasteiger partial charge in [0.25, 0.3) is 11.5 Å². The van der Waals surface area contributed by atoms with Crippen LogP contribution in [0.1, 0.15) is 10.4 Å². The van der Waals surface area contributed by atoms with Crippen molar-refractivity contribution < 1.29 is 4.79 Å². The lowest BCUT2D eigenvalue weighted by molar-refractivity contribution is 0.0959. The zero-order chi connectivity index (χ0) is 10.8. The molecule has 2 aromatic heterocycles. The van der Waals surface area contributed by atoms with Crippen LogP contribution in [0.25, 0.3) is 0 Å². The number of carbonyl (C=O) groups excluding carboxylic acids is 1. The number of imidazole rings is 1. The van der Waals surface area contributed by atoms with Crippen LogP contribution < -0.4 is 5.56 Å². The largest absolute Gasteiger partial charge is 0.319 e. The van der Waals surface area contributed by atoms with E-state index >= 15 is 0 Å². The number of hydrogen-bond acceptors (Lipinski definition) is 3. The van der Waals surface area contributed by atoms with E-state index in [9.17, 15) is 9.59 Å². The quantitative estimate of drug-likeness (QED) is 0.668. The monoisotopic (exact) mass is 203 g/mol. The molecule has 2 rings (SSSR count). The van der Waals surface area contributed by atoms with Gasteiger partial charge in [-0.15, -0.1) is 0 Å². The average Bonchev–Trinajstić information content (AvgIpc) is 2.74. The third kappa shape index (κ3) is 1.71. The van der Waals surface area contributed by atoms with Crippen molar-refractivity contribution in [2.75, 3.05) is 0 Å². The van der Waals surface area contributed by atoms with Gasteiger partial charge in [-0.05, 0) is 6.07 Å². The average molecular weight is 203 g/mol.